The Bertz CT molecular complexity index is 706. The van der Waals surface area contributed by atoms with E-state index in [1.165, 1.54) is 37.3 Å². The molecule has 1 aliphatic carbocycles. The lowest BCUT2D eigenvalue weighted by Crippen LogP contribution is -2.21. The number of carbonyl (C=O) groups is 1. The molecule has 3 heterocycles. The molecule has 7 nitrogen and oxygen atoms in total. The van der Waals surface area contributed by atoms with E-state index >= 15 is 0 Å². The number of amides is 1. The highest BCUT2D eigenvalue weighted by Gasteiger charge is 2.29. The molecule has 2 aromatic rings. The van der Waals surface area contributed by atoms with Crippen LogP contribution in [0.1, 0.15) is 47.8 Å². The van der Waals surface area contributed by atoms with Crippen molar-refractivity contribution in [1.82, 2.24) is 20.3 Å². The minimum atomic E-state index is -0.296. The second-order valence-electron chi connectivity index (χ2n) is 6.11. The molecular formula is C15H19N5O2S2. The number of nitrogens with one attached hydrogen (secondary N) is 1. The molecule has 0 unspecified atom stereocenters. The van der Waals surface area contributed by atoms with Crippen LogP contribution < -0.4 is 5.32 Å². The first-order valence-electron chi connectivity index (χ1n) is 8.24. The summed E-state index contributed by atoms with van der Waals surface area (Å²) < 4.78 is 6.08. The zero-order chi connectivity index (χ0) is 16.4. The minimum Gasteiger partial charge on any atom is -0.360 e. The molecule has 1 saturated carbocycles. The molecule has 2 aliphatic rings. The predicted molar refractivity (Wildman–Crippen MR) is 92.7 cm³/mol. The van der Waals surface area contributed by atoms with Crippen LogP contribution in [0, 0.1) is 0 Å². The van der Waals surface area contributed by atoms with Crippen LogP contribution in [-0.4, -0.2) is 51.5 Å². The van der Waals surface area contributed by atoms with Crippen molar-refractivity contribution in [3.05, 3.63) is 17.5 Å². The van der Waals surface area contributed by atoms with Crippen LogP contribution in [0.25, 0.3) is 0 Å². The van der Waals surface area contributed by atoms with E-state index in [-0.39, 0.29) is 5.91 Å². The van der Waals surface area contributed by atoms with E-state index in [1.807, 2.05) is 0 Å². The van der Waals surface area contributed by atoms with Gasteiger partial charge in [0.2, 0.25) is 5.13 Å². The number of aromatic nitrogens is 3. The Kier molecular flexibility index (Phi) is 4.81. The zero-order valence-corrected chi connectivity index (χ0v) is 14.9. The summed E-state index contributed by atoms with van der Waals surface area (Å²) in [6.45, 7) is 3.49. The fraction of sp³-hybridized carbons (Fsp3) is 0.600. The van der Waals surface area contributed by atoms with E-state index in [0.717, 1.165) is 35.2 Å². The molecule has 0 radical (unpaired) electrons. The van der Waals surface area contributed by atoms with Gasteiger partial charge in [0, 0.05) is 24.3 Å². The van der Waals surface area contributed by atoms with E-state index in [4.69, 9.17) is 4.52 Å². The van der Waals surface area contributed by atoms with Gasteiger partial charge in [-0.25, -0.2) is 0 Å². The van der Waals surface area contributed by atoms with E-state index in [0.29, 0.717) is 16.7 Å². The van der Waals surface area contributed by atoms with Gasteiger partial charge in [0.05, 0.1) is 0 Å². The topological polar surface area (TPSA) is 84.2 Å². The number of hydrogen-bond donors (Lipinski definition) is 1. The van der Waals surface area contributed by atoms with Gasteiger partial charge in [-0.15, -0.1) is 10.2 Å². The van der Waals surface area contributed by atoms with Crippen molar-refractivity contribution in [2.75, 3.05) is 30.7 Å². The third kappa shape index (κ3) is 3.96. The van der Waals surface area contributed by atoms with E-state index in [2.05, 4.69) is 25.6 Å². The van der Waals surface area contributed by atoms with Gasteiger partial charge in [0.1, 0.15) is 5.76 Å². The smallest absolute Gasteiger partial charge is 0.279 e. The Morgan fingerprint density at radius 3 is 3.00 bits per heavy atom. The third-order valence-electron chi connectivity index (χ3n) is 4.20. The number of rotatable bonds is 7. The van der Waals surface area contributed by atoms with E-state index < -0.39 is 0 Å². The highest BCUT2D eigenvalue weighted by molar-refractivity contribution is 8.01. The number of nitrogens with zero attached hydrogens (tertiary/aromatic N) is 4. The molecule has 1 saturated heterocycles. The van der Waals surface area contributed by atoms with Crippen molar-refractivity contribution in [3.8, 4) is 0 Å². The normalized spacial score (nSPS) is 18.2. The fourth-order valence-corrected chi connectivity index (χ4v) is 4.52. The van der Waals surface area contributed by atoms with Crippen molar-refractivity contribution in [2.24, 2.45) is 0 Å². The number of hydrogen-bond acceptors (Lipinski definition) is 8. The molecule has 1 aliphatic heterocycles. The average molecular weight is 365 g/mol. The highest BCUT2D eigenvalue weighted by Crippen LogP contribution is 2.40. The van der Waals surface area contributed by atoms with Crippen molar-refractivity contribution in [1.29, 1.82) is 0 Å². The van der Waals surface area contributed by atoms with Gasteiger partial charge in [0.25, 0.3) is 5.91 Å². The molecule has 4 rings (SSSR count). The molecule has 0 aromatic carbocycles. The maximum Gasteiger partial charge on any atom is 0.279 e. The number of carbonyl (C=O) groups excluding carboxylic acids is 1. The van der Waals surface area contributed by atoms with Gasteiger partial charge >= 0.3 is 0 Å². The summed E-state index contributed by atoms with van der Waals surface area (Å²) in [7, 11) is 0. The van der Waals surface area contributed by atoms with Crippen LogP contribution in [0.5, 0.6) is 0 Å². The maximum absolute atomic E-state index is 12.2. The Labute approximate surface area is 148 Å². The van der Waals surface area contributed by atoms with Crippen LogP contribution in [0.4, 0.5) is 5.13 Å². The first kappa shape index (κ1) is 16.0. The first-order chi connectivity index (χ1) is 11.8. The maximum atomic E-state index is 12.2. The van der Waals surface area contributed by atoms with Gasteiger partial charge in [-0.3, -0.25) is 10.1 Å². The van der Waals surface area contributed by atoms with Crippen molar-refractivity contribution >= 4 is 34.1 Å². The van der Waals surface area contributed by atoms with Gasteiger partial charge in [-0.05, 0) is 38.8 Å². The van der Waals surface area contributed by atoms with Gasteiger partial charge in [-0.2, -0.15) is 0 Å². The zero-order valence-electron chi connectivity index (χ0n) is 13.2. The van der Waals surface area contributed by atoms with E-state index in [1.54, 1.807) is 17.8 Å². The summed E-state index contributed by atoms with van der Waals surface area (Å²) >= 11 is 3.08. The summed E-state index contributed by atoms with van der Waals surface area (Å²) in [5.41, 5.74) is 0.301. The lowest BCUT2D eigenvalue weighted by Gasteiger charge is -2.12. The Morgan fingerprint density at radius 2 is 2.21 bits per heavy atom. The molecule has 128 valence electrons. The Hall–Kier alpha value is -1.45. The highest BCUT2D eigenvalue weighted by atomic mass is 32.2. The summed E-state index contributed by atoms with van der Waals surface area (Å²) in [5.74, 6) is 1.95. The second-order valence-corrected chi connectivity index (χ2v) is 8.43. The van der Waals surface area contributed by atoms with Crippen molar-refractivity contribution in [2.45, 2.75) is 35.9 Å². The summed E-state index contributed by atoms with van der Waals surface area (Å²) in [5, 5.41) is 15.2. The Balaban J connectivity index is 1.26. The van der Waals surface area contributed by atoms with Crippen LogP contribution in [0.2, 0.25) is 0 Å². The van der Waals surface area contributed by atoms with Crippen LogP contribution >= 0.6 is 23.1 Å². The quantitative estimate of drug-likeness (QED) is 0.596. The van der Waals surface area contributed by atoms with Crippen LogP contribution in [0.15, 0.2) is 14.9 Å². The van der Waals surface area contributed by atoms with Gasteiger partial charge < -0.3 is 9.42 Å². The molecule has 1 N–H and O–H groups in total. The van der Waals surface area contributed by atoms with Gasteiger partial charge in [-0.1, -0.05) is 28.3 Å². The van der Waals surface area contributed by atoms with Crippen molar-refractivity contribution in [3.63, 3.8) is 0 Å². The van der Waals surface area contributed by atoms with Crippen molar-refractivity contribution < 1.29 is 9.32 Å². The molecule has 24 heavy (non-hydrogen) atoms. The van der Waals surface area contributed by atoms with Gasteiger partial charge in [0.15, 0.2) is 10.0 Å². The summed E-state index contributed by atoms with van der Waals surface area (Å²) in [6, 6.07) is 1.72. The predicted octanol–water partition coefficient (Wildman–Crippen LogP) is 2.84. The van der Waals surface area contributed by atoms with Crippen LogP contribution in [-0.2, 0) is 0 Å². The number of anilines is 1. The largest absolute Gasteiger partial charge is 0.360 e. The standard InChI is InChI=1S/C15H19N5O2S2/c21-13(11-9-12(22-19-11)10-3-4-10)16-14-17-18-15(24-14)23-8-7-20-5-1-2-6-20/h9-10H,1-8H2,(H,16,17,21). The molecule has 2 fully saturated rings. The first-order valence-corrected chi connectivity index (χ1v) is 10.0. The Morgan fingerprint density at radius 1 is 1.38 bits per heavy atom. The molecule has 1 amide bonds. The molecule has 0 atom stereocenters. The minimum absolute atomic E-state index is 0.296. The number of thioether (sulfide) groups is 1. The lowest BCUT2D eigenvalue weighted by molar-refractivity contribution is 0.101. The number of likely N-dealkylation sites (tertiary alicyclic amines) is 1. The molecule has 2 aromatic heterocycles. The molecule has 0 bridgehead atoms. The third-order valence-corrected chi connectivity index (χ3v) is 6.15. The summed E-state index contributed by atoms with van der Waals surface area (Å²) in [6.07, 6.45) is 4.85. The SMILES string of the molecule is O=C(Nc1nnc(SCCN2CCCC2)s1)c1cc(C2CC2)on1. The molecular weight excluding hydrogens is 346 g/mol. The molecule has 0 spiro atoms. The molecule has 9 heteroatoms. The fourth-order valence-electron chi connectivity index (χ4n) is 2.70. The average Bonchev–Trinajstić information content (AvgIpc) is 3.00. The second kappa shape index (κ2) is 7.20. The lowest BCUT2D eigenvalue weighted by atomic mass is 10.3. The summed E-state index contributed by atoms with van der Waals surface area (Å²) in [4.78, 5) is 14.6. The van der Waals surface area contributed by atoms with Crippen LogP contribution in [0.3, 0.4) is 0 Å². The van der Waals surface area contributed by atoms with E-state index in [9.17, 15) is 4.79 Å². The monoisotopic (exact) mass is 365 g/mol.